The molecule has 5 rings (SSSR count). The molecule has 0 aliphatic heterocycles. The average molecular weight is 579 g/mol. The number of benzene rings is 4. The van der Waals surface area contributed by atoms with Gasteiger partial charge < -0.3 is 10.2 Å². The fraction of sp³-hybridized carbons (Fsp3) is 0.297. The predicted molar refractivity (Wildman–Crippen MR) is 170 cm³/mol. The van der Waals surface area contributed by atoms with Crippen LogP contribution in [0.4, 0.5) is 0 Å². The van der Waals surface area contributed by atoms with Crippen LogP contribution in [0, 0.1) is 0 Å². The summed E-state index contributed by atoms with van der Waals surface area (Å²) in [6, 6.07) is 37.4. The van der Waals surface area contributed by atoms with E-state index in [1.807, 2.05) is 91.0 Å². The van der Waals surface area contributed by atoms with Gasteiger partial charge in [-0.25, -0.2) is 0 Å². The van der Waals surface area contributed by atoms with Crippen LogP contribution >= 0.6 is 11.6 Å². The van der Waals surface area contributed by atoms with Gasteiger partial charge in [0.2, 0.25) is 11.8 Å². The smallest absolute Gasteiger partial charge is 0.243 e. The maximum Gasteiger partial charge on any atom is 0.243 e. The minimum atomic E-state index is -0.659. The Hall–Kier alpha value is -3.89. The normalized spacial score (nSPS) is 14.3. The summed E-state index contributed by atoms with van der Waals surface area (Å²) in [5.41, 5.74) is 4.07. The molecule has 0 heterocycles. The summed E-state index contributed by atoms with van der Waals surface area (Å²) in [7, 11) is 0. The van der Waals surface area contributed by atoms with E-state index in [9.17, 15) is 9.59 Å². The lowest BCUT2D eigenvalue weighted by Crippen LogP contribution is -2.53. The van der Waals surface area contributed by atoms with Gasteiger partial charge in [0, 0.05) is 36.4 Å². The minimum Gasteiger partial charge on any atom is -0.352 e. The van der Waals surface area contributed by atoms with Crippen molar-refractivity contribution in [3.8, 4) is 0 Å². The molecule has 1 N–H and O–H groups in total. The van der Waals surface area contributed by atoms with Crippen LogP contribution in [0.2, 0.25) is 5.02 Å². The first-order valence-electron chi connectivity index (χ1n) is 15.0. The van der Waals surface area contributed by atoms with Crippen molar-refractivity contribution < 1.29 is 9.59 Å². The number of rotatable bonds is 11. The lowest BCUT2D eigenvalue weighted by Gasteiger charge is -2.34. The molecule has 0 aromatic heterocycles. The van der Waals surface area contributed by atoms with E-state index in [1.54, 1.807) is 4.90 Å². The van der Waals surface area contributed by atoms with Gasteiger partial charge in [-0.2, -0.15) is 0 Å². The van der Waals surface area contributed by atoms with E-state index in [4.69, 9.17) is 11.6 Å². The Bertz CT molecular complexity index is 1380. The Morgan fingerprint density at radius 1 is 0.738 bits per heavy atom. The molecule has 0 radical (unpaired) electrons. The van der Waals surface area contributed by atoms with Crippen molar-refractivity contribution in [2.45, 2.75) is 69.5 Å². The van der Waals surface area contributed by atoms with Gasteiger partial charge in [-0.3, -0.25) is 9.59 Å². The number of amides is 2. The van der Waals surface area contributed by atoms with Crippen molar-refractivity contribution in [2.24, 2.45) is 0 Å². The number of nitrogens with one attached hydrogen (secondary N) is 1. The molecule has 1 saturated carbocycles. The number of halogens is 1. The second-order valence-corrected chi connectivity index (χ2v) is 11.7. The second-order valence-electron chi connectivity index (χ2n) is 11.3. The monoisotopic (exact) mass is 578 g/mol. The number of hydrogen-bond acceptors (Lipinski definition) is 2. The Morgan fingerprint density at radius 3 is 1.90 bits per heavy atom. The van der Waals surface area contributed by atoms with Gasteiger partial charge >= 0.3 is 0 Å². The van der Waals surface area contributed by atoms with Crippen molar-refractivity contribution in [3.63, 3.8) is 0 Å². The van der Waals surface area contributed by atoms with Crippen LogP contribution in [0.15, 0.2) is 115 Å². The zero-order chi connectivity index (χ0) is 29.1. The van der Waals surface area contributed by atoms with Gasteiger partial charge in [-0.15, -0.1) is 0 Å². The van der Waals surface area contributed by atoms with Crippen LogP contribution in [0.25, 0.3) is 0 Å². The minimum absolute atomic E-state index is 0.0626. The molecule has 216 valence electrons. The number of carbonyl (C=O) groups excluding carboxylic acids is 2. The first kappa shape index (κ1) is 29.6. The van der Waals surface area contributed by atoms with Crippen molar-refractivity contribution >= 4 is 23.4 Å². The molecule has 1 atom stereocenters. The topological polar surface area (TPSA) is 49.4 Å². The lowest BCUT2D eigenvalue weighted by atomic mass is 9.87. The molecule has 0 unspecified atom stereocenters. The predicted octanol–water partition coefficient (Wildman–Crippen LogP) is 7.95. The van der Waals surface area contributed by atoms with Gasteiger partial charge in [0.1, 0.15) is 6.04 Å². The summed E-state index contributed by atoms with van der Waals surface area (Å²) in [6.45, 7) is 0.297. The SMILES string of the molecule is O=C(NC1CCCCC1)[C@H](Cc1ccccc1)N(Cc1cccc(Cl)c1)C(=O)CC(c1ccccc1)c1ccccc1. The molecule has 5 heteroatoms. The molecule has 0 saturated heterocycles. The third-order valence-electron chi connectivity index (χ3n) is 8.25. The fourth-order valence-corrected chi connectivity index (χ4v) is 6.23. The molecule has 1 aliphatic rings. The Kier molecular flexibility index (Phi) is 10.5. The van der Waals surface area contributed by atoms with Gasteiger partial charge in [0.15, 0.2) is 0 Å². The molecule has 42 heavy (non-hydrogen) atoms. The first-order chi connectivity index (χ1) is 20.6. The summed E-state index contributed by atoms with van der Waals surface area (Å²) >= 11 is 6.37. The highest BCUT2D eigenvalue weighted by molar-refractivity contribution is 6.30. The molecular formula is C37H39ClN2O2. The van der Waals surface area contributed by atoms with Gasteiger partial charge in [-0.1, -0.05) is 134 Å². The fourth-order valence-electron chi connectivity index (χ4n) is 6.02. The van der Waals surface area contributed by atoms with Crippen molar-refractivity contribution in [2.75, 3.05) is 0 Å². The zero-order valence-electron chi connectivity index (χ0n) is 24.0. The molecule has 4 aromatic rings. The maximum atomic E-state index is 14.5. The lowest BCUT2D eigenvalue weighted by molar-refractivity contribution is -0.141. The largest absolute Gasteiger partial charge is 0.352 e. The average Bonchev–Trinajstić information content (AvgIpc) is 3.03. The number of nitrogens with zero attached hydrogens (tertiary/aromatic N) is 1. The second kappa shape index (κ2) is 14.8. The van der Waals surface area contributed by atoms with Gasteiger partial charge in [0.05, 0.1) is 0 Å². The highest BCUT2D eigenvalue weighted by Gasteiger charge is 2.33. The Morgan fingerprint density at radius 2 is 1.31 bits per heavy atom. The van der Waals surface area contributed by atoms with Crippen LogP contribution in [0.3, 0.4) is 0 Å². The van der Waals surface area contributed by atoms with Crippen LogP contribution in [-0.4, -0.2) is 28.8 Å². The summed E-state index contributed by atoms with van der Waals surface area (Å²) in [5, 5.41) is 3.94. The molecule has 4 aromatic carbocycles. The standard InChI is InChI=1S/C37H39ClN2O2/c38-32-21-13-16-29(24-32)27-40(36(41)26-34(30-17-7-2-8-18-30)31-19-9-3-10-20-31)35(25-28-14-5-1-6-15-28)37(42)39-33-22-11-4-12-23-33/h1-3,5-10,13-21,24,33-35H,4,11-12,22-23,25-27H2,(H,39,42)/t35-/m0/s1. The zero-order valence-corrected chi connectivity index (χ0v) is 24.8. The van der Waals surface area contributed by atoms with E-state index in [2.05, 4.69) is 29.6 Å². The first-order valence-corrected chi connectivity index (χ1v) is 15.4. The Balaban J connectivity index is 1.51. The van der Waals surface area contributed by atoms with Crippen molar-refractivity contribution in [3.05, 3.63) is 143 Å². The van der Waals surface area contributed by atoms with E-state index in [1.165, 1.54) is 6.42 Å². The van der Waals surface area contributed by atoms with Gasteiger partial charge in [0.25, 0.3) is 0 Å². The van der Waals surface area contributed by atoms with E-state index < -0.39 is 6.04 Å². The third-order valence-corrected chi connectivity index (χ3v) is 8.48. The molecular weight excluding hydrogens is 540 g/mol. The molecule has 0 bridgehead atoms. The highest BCUT2D eigenvalue weighted by Crippen LogP contribution is 2.30. The molecule has 4 nitrogen and oxygen atoms in total. The molecule has 2 amide bonds. The van der Waals surface area contributed by atoms with Gasteiger partial charge in [-0.05, 0) is 47.2 Å². The summed E-state index contributed by atoms with van der Waals surface area (Å²) in [4.78, 5) is 30.4. The summed E-state index contributed by atoms with van der Waals surface area (Å²) in [6.07, 6.45) is 6.10. The molecule has 1 fully saturated rings. The highest BCUT2D eigenvalue weighted by atomic mass is 35.5. The maximum absolute atomic E-state index is 14.5. The Labute approximate surface area is 254 Å². The molecule has 0 spiro atoms. The van der Waals surface area contributed by atoms with Crippen LogP contribution in [0.5, 0.6) is 0 Å². The number of carbonyl (C=O) groups is 2. The van der Waals surface area contributed by atoms with Crippen LogP contribution < -0.4 is 5.32 Å². The summed E-state index contributed by atoms with van der Waals surface area (Å²) < 4.78 is 0. The van der Waals surface area contributed by atoms with E-state index in [0.29, 0.717) is 18.0 Å². The summed E-state index contributed by atoms with van der Waals surface area (Å²) in [5.74, 6) is -0.287. The van der Waals surface area contributed by atoms with Crippen molar-refractivity contribution in [1.82, 2.24) is 10.2 Å². The van der Waals surface area contributed by atoms with E-state index in [0.717, 1.165) is 47.9 Å². The third kappa shape index (κ3) is 8.10. The quantitative estimate of drug-likeness (QED) is 0.196. The van der Waals surface area contributed by atoms with E-state index >= 15 is 0 Å². The van der Waals surface area contributed by atoms with E-state index in [-0.39, 0.29) is 30.2 Å². The number of hydrogen-bond donors (Lipinski definition) is 1. The van der Waals surface area contributed by atoms with Crippen LogP contribution in [0.1, 0.15) is 66.7 Å². The van der Waals surface area contributed by atoms with Crippen LogP contribution in [-0.2, 0) is 22.6 Å². The van der Waals surface area contributed by atoms with Crippen molar-refractivity contribution in [1.29, 1.82) is 0 Å². The molecule has 1 aliphatic carbocycles.